The summed E-state index contributed by atoms with van der Waals surface area (Å²) in [5.41, 5.74) is 1.58. The molecule has 0 bridgehead atoms. The molecule has 0 saturated carbocycles. The SMILES string of the molecule is COc1ccc(CN2CCN(C(=O)c3cc4cccc(Br)c4o3)CC2)cc1F. The fourth-order valence-corrected chi connectivity index (χ4v) is 3.93. The van der Waals surface area contributed by atoms with E-state index in [1.807, 2.05) is 24.3 Å². The summed E-state index contributed by atoms with van der Waals surface area (Å²) in [4.78, 5) is 16.8. The van der Waals surface area contributed by atoms with E-state index in [2.05, 4.69) is 20.8 Å². The van der Waals surface area contributed by atoms with E-state index in [4.69, 9.17) is 9.15 Å². The Morgan fingerprint density at radius 3 is 2.64 bits per heavy atom. The summed E-state index contributed by atoms with van der Waals surface area (Å²) in [6, 6.07) is 12.5. The summed E-state index contributed by atoms with van der Waals surface area (Å²) in [6.07, 6.45) is 0. The van der Waals surface area contributed by atoms with Gasteiger partial charge < -0.3 is 14.1 Å². The van der Waals surface area contributed by atoms with E-state index in [0.717, 1.165) is 28.5 Å². The van der Waals surface area contributed by atoms with Crippen molar-refractivity contribution >= 4 is 32.8 Å². The first kappa shape index (κ1) is 19.0. The van der Waals surface area contributed by atoms with Gasteiger partial charge in [0, 0.05) is 38.1 Å². The van der Waals surface area contributed by atoms with Crippen LogP contribution in [0.25, 0.3) is 11.0 Å². The van der Waals surface area contributed by atoms with Gasteiger partial charge in [0.05, 0.1) is 11.6 Å². The Hall–Kier alpha value is -2.38. The molecule has 0 unspecified atom stereocenters. The molecule has 0 atom stereocenters. The Kier molecular flexibility index (Phi) is 5.37. The molecule has 1 amide bonds. The topological polar surface area (TPSA) is 45.9 Å². The molecule has 1 saturated heterocycles. The van der Waals surface area contributed by atoms with Gasteiger partial charge in [-0.3, -0.25) is 9.69 Å². The lowest BCUT2D eigenvalue weighted by molar-refractivity contribution is 0.0600. The number of para-hydroxylation sites is 1. The largest absolute Gasteiger partial charge is 0.494 e. The number of fused-ring (bicyclic) bond motifs is 1. The van der Waals surface area contributed by atoms with Crippen LogP contribution in [0.4, 0.5) is 4.39 Å². The highest BCUT2D eigenvalue weighted by atomic mass is 79.9. The van der Waals surface area contributed by atoms with E-state index in [-0.39, 0.29) is 17.5 Å². The zero-order chi connectivity index (χ0) is 19.7. The van der Waals surface area contributed by atoms with Gasteiger partial charge in [-0.25, -0.2) is 4.39 Å². The van der Waals surface area contributed by atoms with Gasteiger partial charge >= 0.3 is 0 Å². The smallest absolute Gasteiger partial charge is 0.289 e. The number of amides is 1. The minimum atomic E-state index is -0.357. The second-order valence-corrected chi connectivity index (χ2v) is 7.66. The summed E-state index contributed by atoms with van der Waals surface area (Å²) in [6.45, 7) is 3.30. The molecule has 2 aromatic carbocycles. The van der Waals surface area contributed by atoms with Crippen LogP contribution in [0, 0.1) is 5.82 Å². The standard InChI is InChI=1S/C21H20BrFN2O3/c1-27-18-6-5-14(11-17(18)23)13-24-7-9-25(10-8-24)21(26)19-12-15-3-2-4-16(22)20(15)28-19/h2-6,11-12H,7-10,13H2,1H3. The minimum absolute atomic E-state index is 0.0989. The number of benzene rings is 2. The number of halogens is 2. The van der Waals surface area contributed by atoms with E-state index < -0.39 is 0 Å². The molecule has 0 N–H and O–H groups in total. The first-order valence-electron chi connectivity index (χ1n) is 9.07. The number of hydrogen-bond acceptors (Lipinski definition) is 4. The molecule has 2 heterocycles. The number of piperazine rings is 1. The van der Waals surface area contributed by atoms with Crippen LogP contribution in [0.5, 0.6) is 5.75 Å². The molecular weight excluding hydrogens is 427 g/mol. The molecule has 146 valence electrons. The normalized spacial score (nSPS) is 15.2. The Balaban J connectivity index is 1.38. The second kappa shape index (κ2) is 7.93. The predicted molar refractivity (Wildman–Crippen MR) is 108 cm³/mol. The van der Waals surface area contributed by atoms with Crippen LogP contribution in [-0.4, -0.2) is 49.0 Å². The molecule has 0 aliphatic carbocycles. The molecule has 4 rings (SSSR count). The fraction of sp³-hybridized carbons (Fsp3) is 0.286. The lowest BCUT2D eigenvalue weighted by atomic mass is 10.1. The number of hydrogen-bond donors (Lipinski definition) is 0. The van der Waals surface area contributed by atoms with Crippen LogP contribution in [0.15, 0.2) is 51.4 Å². The van der Waals surface area contributed by atoms with Crippen molar-refractivity contribution in [3.8, 4) is 5.75 Å². The average Bonchev–Trinajstić information content (AvgIpc) is 3.14. The maximum absolute atomic E-state index is 13.9. The van der Waals surface area contributed by atoms with Crippen LogP contribution >= 0.6 is 15.9 Å². The first-order chi connectivity index (χ1) is 13.5. The van der Waals surface area contributed by atoms with Crippen molar-refractivity contribution in [2.24, 2.45) is 0 Å². The van der Waals surface area contributed by atoms with Gasteiger partial charge in [-0.2, -0.15) is 0 Å². The number of furan rings is 1. The molecule has 0 spiro atoms. The van der Waals surface area contributed by atoms with Crippen molar-refractivity contribution in [1.29, 1.82) is 0 Å². The van der Waals surface area contributed by atoms with Crippen molar-refractivity contribution in [2.45, 2.75) is 6.54 Å². The number of nitrogens with zero attached hydrogens (tertiary/aromatic N) is 2. The quantitative estimate of drug-likeness (QED) is 0.599. The number of methoxy groups -OCH3 is 1. The van der Waals surface area contributed by atoms with Crippen LogP contribution in [0.1, 0.15) is 16.1 Å². The Labute approximate surface area is 170 Å². The number of carbonyl (C=O) groups is 1. The molecule has 1 fully saturated rings. The van der Waals surface area contributed by atoms with E-state index >= 15 is 0 Å². The van der Waals surface area contributed by atoms with Crippen molar-refractivity contribution in [1.82, 2.24) is 9.80 Å². The first-order valence-corrected chi connectivity index (χ1v) is 9.86. The van der Waals surface area contributed by atoms with Crippen LogP contribution in [0.3, 0.4) is 0 Å². The lowest BCUT2D eigenvalue weighted by Gasteiger charge is -2.34. The highest BCUT2D eigenvalue weighted by molar-refractivity contribution is 9.10. The predicted octanol–water partition coefficient (Wildman–Crippen LogP) is 4.30. The molecule has 1 aliphatic heterocycles. The van der Waals surface area contributed by atoms with Crippen molar-refractivity contribution in [3.05, 3.63) is 64.1 Å². The summed E-state index contributed by atoms with van der Waals surface area (Å²) >= 11 is 3.45. The van der Waals surface area contributed by atoms with Crippen LogP contribution in [0.2, 0.25) is 0 Å². The molecular formula is C21H20BrFN2O3. The third-order valence-corrected chi connectivity index (χ3v) is 5.61. The summed E-state index contributed by atoms with van der Waals surface area (Å²) in [5, 5.41) is 0.901. The molecule has 0 radical (unpaired) electrons. The highest BCUT2D eigenvalue weighted by Gasteiger charge is 2.25. The highest BCUT2D eigenvalue weighted by Crippen LogP contribution is 2.28. The Morgan fingerprint density at radius 1 is 1.18 bits per heavy atom. The third-order valence-electron chi connectivity index (χ3n) is 4.99. The van der Waals surface area contributed by atoms with Gasteiger partial charge in [-0.1, -0.05) is 18.2 Å². The summed E-state index contributed by atoms with van der Waals surface area (Å²) < 4.78 is 25.4. The Bertz CT molecular complexity index is 1010. The molecule has 1 aliphatic rings. The summed E-state index contributed by atoms with van der Waals surface area (Å²) in [5.74, 6) is 0.146. The van der Waals surface area contributed by atoms with Gasteiger partial charge in [0.25, 0.3) is 5.91 Å². The monoisotopic (exact) mass is 446 g/mol. The molecule has 1 aromatic heterocycles. The van der Waals surface area contributed by atoms with Gasteiger partial charge in [-0.15, -0.1) is 0 Å². The fourth-order valence-electron chi connectivity index (χ4n) is 3.46. The zero-order valence-electron chi connectivity index (χ0n) is 15.5. The summed E-state index contributed by atoms with van der Waals surface area (Å²) in [7, 11) is 1.45. The van der Waals surface area contributed by atoms with Crippen LogP contribution < -0.4 is 4.74 Å². The second-order valence-electron chi connectivity index (χ2n) is 6.81. The van der Waals surface area contributed by atoms with E-state index in [0.29, 0.717) is 31.0 Å². The minimum Gasteiger partial charge on any atom is -0.494 e. The van der Waals surface area contributed by atoms with Crippen molar-refractivity contribution in [2.75, 3.05) is 33.3 Å². The van der Waals surface area contributed by atoms with Crippen LogP contribution in [-0.2, 0) is 6.54 Å². The number of ether oxygens (including phenoxy) is 1. The molecule has 7 heteroatoms. The molecule has 28 heavy (non-hydrogen) atoms. The van der Waals surface area contributed by atoms with Crippen molar-refractivity contribution in [3.63, 3.8) is 0 Å². The maximum Gasteiger partial charge on any atom is 0.289 e. The van der Waals surface area contributed by atoms with Crippen molar-refractivity contribution < 1.29 is 18.3 Å². The molecule has 3 aromatic rings. The number of rotatable bonds is 4. The van der Waals surface area contributed by atoms with E-state index in [1.54, 1.807) is 17.0 Å². The van der Waals surface area contributed by atoms with Gasteiger partial charge in [0.1, 0.15) is 5.58 Å². The maximum atomic E-state index is 13.9. The van der Waals surface area contributed by atoms with Gasteiger partial charge in [0.15, 0.2) is 17.3 Å². The number of carbonyl (C=O) groups excluding carboxylic acids is 1. The van der Waals surface area contributed by atoms with E-state index in [1.165, 1.54) is 13.2 Å². The third kappa shape index (κ3) is 3.77. The molecule has 5 nitrogen and oxygen atoms in total. The zero-order valence-corrected chi connectivity index (χ0v) is 17.0. The lowest BCUT2D eigenvalue weighted by Crippen LogP contribution is -2.48. The average molecular weight is 447 g/mol. The van der Waals surface area contributed by atoms with Gasteiger partial charge in [0.2, 0.25) is 0 Å². The Morgan fingerprint density at radius 2 is 1.96 bits per heavy atom. The van der Waals surface area contributed by atoms with Gasteiger partial charge in [-0.05, 0) is 45.8 Å². The van der Waals surface area contributed by atoms with E-state index in [9.17, 15) is 9.18 Å².